The van der Waals surface area contributed by atoms with E-state index < -0.39 is 0 Å². The van der Waals surface area contributed by atoms with E-state index in [1.807, 2.05) is 30.3 Å². The third-order valence-electron chi connectivity index (χ3n) is 2.94. The molecule has 3 N–H and O–H groups in total. The summed E-state index contributed by atoms with van der Waals surface area (Å²) in [5, 5.41) is 0. The van der Waals surface area contributed by atoms with Gasteiger partial charge in [0.05, 0.1) is 11.2 Å². The quantitative estimate of drug-likeness (QED) is 0.623. The zero-order chi connectivity index (χ0) is 11.8. The van der Waals surface area contributed by atoms with Gasteiger partial charge in [0.15, 0.2) is 0 Å². The first-order valence-corrected chi connectivity index (χ1v) is 5.56. The van der Waals surface area contributed by atoms with Gasteiger partial charge in [-0.15, -0.1) is 0 Å². The van der Waals surface area contributed by atoms with E-state index in [1.54, 1.807) is 0 Å². The molecule has 0 saturated heterocycles. The highest BCUT2D eigenvalue weighted by molar-refractivity contribution is 5.89. The first-order valence-electron chi connectivity index (χ1n) is 5.56. The number of H-pyrrole nitrogens is 1. The third kappa shape index (κ3) is 1.56. The van der Waals surface area contributed by atoms with E-state index >= 15 is 0 Å². The predicted molar refractivity (Wildman–Crippen MR) is 70.7 cm³/mol. The van der Waals surface area contributed by atoms with E-state index in [4.69, 9.17) is 5.73 Å². The van der Waals surface area contributed by atoms with Crippen LogP contribution in [0.25, 0.3) is 22.4 Å². The van der Waals surface area contributed by atoms with Crippen LogP contribution in [0.1, 0.15) is 5.56 Å². The first kappa shape index (κ1) is 9.90. The molecule has 0 spiro atoms. The van der Waals surface area contributed by atoms with Crippen molar-refractivity contribution >= 4 is 16.7 Å². The molecule has 3 rings (SSSR count). The lowest BCUT2D eigenvalue weighted by Crippen LogP contribution is -1.86. The summed E-state index contributed by atoms with van der Waals surface area (Å²) >= 11 is 0. The molecule has 3 heteroatoms. The number of fused-ring (bicyclic) bond motifs is 1. The van der Waals surface area contributed by atoms with Crippen LogP contribution < -0.4 is 5.73 Å². The Labute approximate surface area is 99.3 Å². The van der Waals surface area contributed by atoms with Gasteiger partial charge in [0.1, 0.15) is 11.3 Å². The molecule has 2 aromatic carbocycles. The number of aromatic amines is 1. The van der Waals surface area contributed by atoms with Gasteiger partial charge in [-0.05, 0) is 24.6 Å². The molecule has 3 nitrogen and oxygen atoms in total. The maximum absolute atomic E-state index is 5.90. The molecule has 1 heterocycles. The van der Waals surface area contributed by atoms with Crippen LogP contribution in [0.4, 0.5) is 5.69 Å². The smallest absolute Gasteiger partial charge is 0.138 e. The number of imidazole rings is 1. The Morgan fingerprint density at radius 1 is 1.06 bits per heavy atom. The molecule has 84 valence electrons. The Hall–Kier alpha value is -2.29. The molecule has 0 atom stereocenters. The monoisotopic (exact) mass is 223 g/mol. The second-order valence-corrected chi connectivity index (χ2v) is 4.14. The van der Waals surface area contributed by atoms with Gasteiger partial charge in [0, 0.05) is 5.56 Å². The maximum Gasteiger partial charge on any atom is 0.138 e. The van der Waals surface area contributed by atoms with Crippen molar-refractivity contribution in [3.05, 3.63) is 48.0 Å². The third-order valence-corrected chi connectivity index (χ3v) is 2.94. The van der Waals surface area contributed by atoms with E-state index in [0.29, 0.717) is 5.69 Å². The number of rotatable bonds is 1. The number of hydrogen-bond donors (Lipinski definition) is 2. The Balaban J connectivity index is 2.26. The molecule has 17 heavy (non-hydrogen) atoms. The average Bonchev–Trinajstić information content (AvgIpc) is 2.75. The van der Waals surface area contributed by atoms with E-state index in [-0.39, 0.29) is 0 Å². The number of nitrogens with zero attached hydrogens (tertiary/aromatic N) is 1. The lowest BCUT2D eigenvalue weighted by Gasteiger charge is -2.00. The molecule has 0 saturated carbocycles. The summed E-state index contributed by atoms with van der Waals surface area (Å²) in [5.74, 6) is 0.871. The number of anilines is 1. The van der Waals surface area contributed by atoms with Gasteiger partial charge in [-0.3, -0.25) is 0 Å². The number of aryl methyl sites for hydroxylation is 1. The standard InChI is InChI=1S/C14H13N3/c1-9-5-2-3-6-10(9)14-16-12-8-4-7-11(15)13(12)17-14/h2-8H,15H2,1H3,(H,16,17). The summed E-state index contributed by atoms with van der Waals surface area (Å²) < 4.78 is 0. The van der Waals surface area contributed by atoms with Crippen LogP contribution in [0, 0.1) is 6.92 Å². The summed E-state index contributed by atoms with van der Waals surface area (Å²) in [6, 6.07) is 14.0. The van der Waals surface area contributed by atoms with Crippen molar-refractivity contribution in [3.8, 4) is 11.4 Å². The Morgan fingerprint density at radius 3 is 2.65 bits per heavy atom. The zero-order valence-corrected chi connectivity index (χ0v) is 9.57. The molecular formula is C14H13N3. The summed E-state index contributed by atoms with van der Waals surface area (Å²) in [6.45, 7) is 2.08. The minimum atomic E-state index is 0.707. The Bertz CT molecular complexity index is 683. The highest BCUT2D eigenvalue weighted by Gasteiger charge is 2.08. The summed E-state index contributed by atoms with van der Waals surface area (Å²) in [6.07, 6.45) is 0. The summed E-state index contributed by atoms with van der Waals surface area (Å²) in [4.78, 5) is 7.87. The second kappa shape index (κ2) is 3.63. The van der Waals surface area contributed by atoms with Crippen LogP contribution in [-0.2, 0) is 0 Å². The fourth-order valence-electron chi connectivity index (χ4n) is 2.02. The molecule has 0 bridgehead atoms. The first-order chi connectivity index (χ1) is 8.25. The number of nitrogens with one attached hydrogen (secondary N) is 1. The van der Waals surface area contributed by atoms with Crippen LogP contribution in [0.2, 0.25) is 0 Å². The van der Waals surface area contributed by atoms with Crippen LogP contribution in [0.3, 0.4) is 0 Å². The second-order valence-electron chi connectivity index (χ2n) is 4.14. The molecule has 0 fully saturated rings. The largest absolute Gasteiger partial charge is 0.397 e. The number of hydrogen-bond acceptors (Lipinski definition) is 2. The molecule has 0 unspecified atom stereocenters. The molecule has 0 aliphatic heterocycles. The highest BCUT2D eigenvalue weighted by atomic mass is 14.9. The van der Waals surface area contributed by atoms with Crippen LogP contribution in [-0.4, -0.2) is 9.97 Å². The van der Waals surface area contributed by atoms with Gasteiger partial charge in [-0.25, -0.2) is 4.98 Å². The summed E-state index contributed by atoms with van der Waals surface area (Å²) in [5.41, 5.74) is 10.7. The molecular weight excluding hydrogens is 210 g/mol. The van der Waals surface area contributed by atoms with E-state index in [9.17, 15) is 0 Å². The Morgan fingerprint density at radius 2 is 1.88 bits per heavy atom. The van der Waals surface area contributed by atoms with Crippen LogP contribution in [0.5, 0.6) is 0 Å². The van der Waals surface area contributed by atoms with E-state index in [1.165, 1.54) is 5.56 Å². The lowest BCUT2D eigenvalue weighted by atomic mass is 10.1. The number of nitrogen functional groups attached to an aromatic ring is 1. The fraction of sp³-hybridized carbons (Fsp3) is 0.0714. The average molecular weight is 223 g/mol. The number of aromatic nitrogens is 2. The van der Waals surface area contributed by atoms with Gasteiger partial charge in [-0.1, -0.05) is 30.3 Å². The van der Waals surface area contributed by atoms with Crippen molar-refractivity contribution in [1.29, 1.82) is 0 Å². The van der Waals surface area contributed by atoms with Gasteiger partial charge in [0.2, 0.25) is 0 Å². The van der Waals surface area contributed by atoms with E-state index in [2.05, 4.69) is 29.0 Å². The molecule has 0 amide bonds. The molecule has 0 aliphatic rings. The Kier molecular flexibility index (Phi) is 2.11. The molecule has 3 aromatic rings. The van der Waals surface area contributed by atoms with Crippen molar-refractivity contribution in [2.75, 3.05) is 5.73 Å². The van der Waals surface area contributed by atoms with Crippen molar-refractivity contribution in [1.82, 2.24) is 9.97 Å². The SMILES string of the molecule is Cc1ccccc1-c1nc2c(N)cccc2[nH]1. The highest BCUT2D eigenvalue weighted by Crippen LogP contribution is 2.25. The molecule has 0 radical (unpaired) electrons. The zero-order valence-electron chi connectivity index (χ0n) is 9.57. The van der Waals surface area contributed by atoms with Crippen LogP contribution in [0.15, 0.2) is 42.5 Å². The van der Waals surface area contributed by atoms with Gasteiger partial charge in [0.25, 0.3) is 0 Å². The maximum atomic E-state index is 5.90. The van der Waals surface area contributed by atoms with Gasteiger partial charge >= 0.3 is 0 Å². The van der Waals surface area contributed by atoms with Crippen molar-refractivity contribution in [2.24, 2.45) is 0 Å². The molecule has 0 aliphatic carbocycles. The number of benzene rings is 2. The normalized spacial score (nSPS) is 10.9. The van der Waals surface area contributed by atoms with Crippen LogP contribution >= 0.6 is 0 Å². The lowest BCUT2D eigenvalue weighted by molar-refractivity contribution is 1.31. The fourth-order valence-corrected chi connectivity index (χ4v) is 2.02. The van der Waals surface area contributed by atoms with Gasteiger partial charge < -0.3 is 10.7 Å². The number of nitrogens with two attached hydrogens (primary N) is 1. The van der Waals surface area contributed by atoms with Gasteiger partial charge in [-0.2, -0.15) is 0 Å². The van der Waals surface area contributed by atoms with E-state index in [0.717, 1.165) is 22.4 Å². The minimum absolute atomic E-state index is 0.707. The predicted octanol–water partition coefficient (Wildman–Crippen LogP) is 3.12. The topological polar surface area (TPSA) is 54.7 Å². The van der Waals surface area contributed by atoms with Crippen molar-refractivity contribution in [3.63, 3.8) is 0 Å². The van der Waals surface area contributed by atoms with Crippen molar-refractivity contribution < 1.29 is 0 Å². The van der Waals surface area contributed by atoms with Crippen molar-refractivity contribution in [2.45, 2.75) is 6.92 Å². The molecule has 1 aromatic heterocycles. The number of para-hydroxylation sites is 1. The minimum Gasteiger partial charge on any atom is -0.397 e. The summed E-state index contributed by atoms with van der Waals surface area (Å²) in [7, 11) is 0.